The van der Waals surface area contributed by atoms with Crippen molar-refractivity contribution in [3.8, 4) is 0 Å². The first kappa shape index (κ1) is 15.3. The van der Waals surface area contributed by atoms with Crippen LogP contribution < -0.4 is 5.73 Å². The van der Waals surface area contributed by atoms with Crippen molar-refractivity contribution in [2.24, 2.45) is 5.92 Å². The minimum absolute atomic E-state index is 0.0523. The number of hydrogen-bond acceptors (Lipinski definition) is 3. The van der Waals surface area contributed by atoms with Crippen LogP contribution in [0, 0.1) is 19.8 Å². The van der Waals surface area contributed by atoms with Crippen molar-refractivity contribution >= 4 is 15.7 Å². The number of benzene rings is 1. The Morgan fingerprint density at radius 2 is 1.85 bits per heavy atom. The first-order chi connectivity index (χ1) is 9.25. The van der Waals surface area contributed by atoms with Crippen molar-refractivity contribution in [1.82, 2.24) is 4.31 Å². The van der Waals surface area contributed by atoms with Crippen LogP contribution in [0.15, 0.2) is 17.0 Å². The molecule has 1 aromatic carbocycles. The number of piperidine rings is 1. The van der Waals surface area contributed by atoms with E-state index in [0.717, 1.165) is 18.4 Å². The molecule has 1 heterocycles. The van der Waals surface area contributed by atoms with Gasteiger partial charge in [0.25, 0.3) is 0 Å². The highest BCUT2D eigenvalue weighted by Crippen LogP contribution is 2.32. The first-order valence-electron chi connectivity index (χ1n) is 7.12. The fraction of sp³-hybridized carbons (Fsp3) is 0.600. The van der Waals surface area contributed by atoms with Crippen molar-refractivity contribution in [1.29, 1.82) is 0 Å². The van der Waals surface area contributed by atoms with Crippen LogP contribution in [0.25, 0.3) is 0 Å². The number of sulfonamides is 1. The van der Waals surface area contributed by atoms with E-state index in [1.54, 1.807) is 23.4 Å². The lowest BCUT2D eigenvalue weighted by molar-refractivity contribution is 0.218. The third-order valence-electron chi connectivity index (χ3n) is 4.27. The number of nitrogens with two attached hydrogens (primary N) is 1. The Balaban J connectivity index is 2.53. The minimum Gasteiger partial charge on any atom is -0.398 e. The molecule has 1 aliphatic rings. The minimum atomic E-state index is -3.47. The van der Waals surface area contributed by atoms with Gasteiger partial charge in [-0.1, -0.05) is 13.0 Å². The maximum atomic E-state index is 13.0. The summed E-state index contributed by atoms with van der Waals surface area (Å²) in [7, 11) is -3.47. The average Bonchev–Trinajstić information content (AvgIpc) is 2.37. The summed E-state index contributed by atoms with van der Waals surface area (Å²) in [6.07, 6.45) is 2.00. The predicted molar refractivity (Wildman–Crippen MR) is 82.1 cm³/mol. The van der Waals surface area contributed by atoms with Crippen molar-refractivity contribution in [3.63, 3.8) is 0 Å². The highest BCUT2D eigenvalue weighted by atomic mass is 32.2. The number of hydrogen-bond donors (Lipinski definition) is 1. The van der Waals surface area contributed by atoms with E-state index in [9.17, 15) is 8.42 Å². The molecular formula is C15H24N2O2S. The SMILES string of the molecule is Cc1ccc(N)c(C)c1S(=O)(=O)N1CC(C)CCC1C. The van der Waals surface area contributed by atoms with Crippen LogP contribution in [0.3, 0.4) is 0 Å². The van der Waals surface area contributed by atoms with Crippen LogP contribution in [-0.4, -0.2) is 25.3 Å². The largest absolute Gasteiger partial charge is 0.398 e. The Bertz CT molecular complexity index is 611. The summed E-state index contributed by atoms with van der Waals surface area (Å²) in [6.45, 7) is 8.30. The van der Waals surface area contributed by atoms with E-state index in [1.165, 1.54) is 0 Å². The van der Waals surface area contributed by atoms with Gasteiger partial charge in [-0.15, -0.1) is 0 Å². The Labute approximate surface area is 122 Å². The van der Waals surface area contributed by atoms with Crippen LogP contribution in [0.5, 0.6) is 0 Å². The Morgan fingerprint density at radius 3 is 2.50 bits per heavy atom. The zero-order valence-electron chi connectivity index (χ0n) is 12.7. The Morgan fingerprint density at radius 1 is 1.20 bits per heavy atom. The van der Waals surface area contributed by atoms with E-state index in [1.807, 2.05) is 13.8 Å². The summed E-state index contributed by atoms with van der Waals surface area (Å²) < 4.78 is 27.7. The number of rotatable bonds is 2. The molecule has 1 fully saturated rings. The zero-order valence-corrected chi connectivity index (χ0v) is 13.5. The molecule has 1 aliphatic heterocycles. The molecule has 2 rings (SSSR count). The van der Waals surface area contributed by atoms with E-state index >= 15 is 0 Å². The maximum Gasteiger partial charge on any atom is 0.243 e. The van der Waals surface area contributed by atoms with Crippen molar-refractivity contribution < 1.29 is 8.42 Å². The van der Waals surface area contributed by atoms with Crippen molar-refractivity contribution in [2.45, 2.75) is 51.5 Å². The Kier molecular flexibility index (Phi) is 4.12. The highest BCUT2D eigenvalue weighted by Gasteiger charge is 2.35. The molecule has 1 saturated heterocycles. The summed E-state index contributed by atoms with van der Waals surface area (Å²) in [5, 5.41) is 0. The molecule has 0 aromatic heterocycles. The second-order valence-electron chi connectivity index (χ2n) is 6.03. The summed E-state index contributed by atoms with van der Waals surface area (Å²) in [6, 6.07) is 3.61. The average molecular weight is 296 g/mol. The molecule has 2 unspecified atom stereocenters. The molecule has 5 heteroatoms. The molecule has 0 bridgehead atoms. The maximum absolute atomic E-state index is 13.0. The second-order valence-corrected chi connectivity index (χ2v) is 7.86. The lowest BCUT2D eigenvalue weighted by atomic mass is 9.97. The fourth-order valence-electron chi connectivity index (χ4n) is 2.94. The summed E-state index contributed by atoms with van der Waals surface area (Å²) in [5.74, 6) is 0.405. The second kappa shape index (κ2) is 5.37. The van der Waals surface area contributed by atoms with Crippen molar-refractivity contribution in [2.75, 3.05) is 12.3 Å². The molecule has 0 amide bonds. The van der Waals surface area contributed by atoms with Crippen LogP contribution in [0.2, 0.25) is 0 Å². The summed E-state index contributed by atoms with van der Waals surface area (Å²) >= 11 is 0. The number of nitrogens with zero attached hydrogens (tertiary/aromatic N) is 1. The van der Waals surface area contributed by atoms with Gasteiger partial charge in [0.1, 0.15) is 0 Å². The highest BCUT2D eigenvalue weighted by molar-refractivity contribution is 7.89. The summed E-state index contributed by atoms with van der Waals surface area (Å²) in [5.41, 5.74) is 7.86. The number of aryl methyl sites for hydroxylation is 1. The molecule has 4 nitrogen and oxygen atoms in total. The van der Waals surface area contributed by atoms with Gasteiger partial charge in [-0.25, -0.2) is 8.42 Å². The smallest absolute Gasteiger partial charge is 0.243 e. The molecule has 2 atom stereocenters. The number of anilines is 1. The fourth-order valence-corrected chi connectivity index (χ4v) is 5.18. The quantitative estimate of drug-likeness (QED) is 0.853. The van der Waals surface area contributed by atoms with Gasteiger partial charge >= 0.3 is 0 Å². The lowest BCUT2D eigenvalue weighted by Gasteiger charge is -2.36. The van der Waals surface area contributed by atoms with Crippen LogP contribution >= 0.6 is 0 Å². The van der Waals surface area contributed by atoms with Gasteiger partial charge in [-0.3, -0.25) is 0 Å². The van der Waals surface area contributed by atoms with E-state index in [0.29, 0.717) is 28.6 Å². The van der Waals surface area contributed by atoms with E-state index < -0.39 is 10.0 Å². The first-order valence-corrected chi connectivity index (χ1v) is 8.56. The molecule has 0 saturated carbocycles. The van der Waals surface area contributed by atoms with Gasteiger partial charge in [0.05, 0.1) is 4.90 Å². The van der Waals surface area contributed by atoms with Gasteiger partial charge in [-0.2, -0.15) is 4.31 Å². The molecule has 0 spiro atoms. The molecule has 20 heavy (non-hydrogen) atoms. The number of nitrogen functional groups attached to an aromatic ring is 1. The zero-order chi connectivity index (χ0) is 15.1. The van der Waals surface area contributed by atoms with Crippen LogP contribution in [0.1, 0.15) is 37.8 Å². The third-order valence-corrected chi connectivity index (χ3v) is 6.54. The van der Waals surface area contributed by atoms with Gasteiger partial charge in [0.15, 0.2) is 0 Å². The lowest BCUT2D eigenvalue weighted by Crippen LogP contribution is -2.45. The standard InChI is InChI=1S/C15H24N2O2S/c1-10-5-7-12(3)17(9-10)20(18,19)15-11(2)6-8-14(16)13(15)4/h6,8,10,12H,5,7,9,16H2,1-4H3. The van der Waals surface area contributed by atoms with Crippen LogP contribution in [0.4, 0.5) is 5.69 Å². The molecular weight excluding hydrogens is 272 g/mol. The molecule has 0 radical (unpaired) electrons. The van der Waals surface area contributed by atoms with E-state index in [4.69, 9.17) is 5.73 Å². The molecule has 2 N–H and O–H groups in total. The molecule has 112 valence electrons. The topological polar surface area (TPSA) is 63.4 Å². The van der Waals surface area contributed by atoms with E-state index in [-0.39, 0.29) is 6.04 Å². The summed E-state index contributed by atoms with van der Waals surface area (Å²) in [4.78, 5) is 0.387. The normalized spacial score (nSPS) is 24.8. The van der Waals surface area contributed by atoms with Gasteiger partial charge in [0, 0.05) is 18.3 Å². The van der Waals surface area contributed by atoms with Gasteiger partial charge in [0.2, 0.25) is 10.0 Å². The van der Waals surface area contributed by atoms with Gasteiger partial charge in [-0.05, 0) is 56.7 Å². The van der Waals surface area contributed by atoms with Crippen molar-refractivity contribution in [3.05, 3.63) is 23.3 Å². The Hall–Kier alpha value is -1.07. The molecule has 0 aliphatic carbocycles. The monoisotopic (exact) mass is 296 g/mol. The molecule has 1 aromatic rings. The van der Waals surface area contributed by atoms with E-state index in [2.05, 4.69) is 6.92 Å². The van der Waals surface area contributed by atoms with Crippen LogP contribution in [-0.2, 0) is 10.0 Å². The van der Waals surface area contributed by atoms with Gasteiger partial charge < -0.3 is 5.73 Å². The predicted octanol–water partition coefficient (Wildman–Crippen LogP) is 2.69. The third kappa shape index (κ3) is 2.56.